The van der Waals surface area contributed by atoms with Gasteiger partial charge in [0.25, 0.3) is 0 Å². The lowest BCUT2D eigenvalue weighted by Gasteiger charge is -2.24. The Morgan fingerprint density at radius 1 is 1.54 bits per heavy atom. The first-order chi connectivity index (χ1) is 11.7. The van der Waals surface area contributed by atoms with Crippen LogP contribution in [-0.2, 0) is 21.6 Å². The molecule has 1 aromatic heterocycles. The number of para-hydroxylation sites is 1. The van der Waals surface area contributed by atoms with Crippen molar-refractivity contribution in [3.8, 4) is 6.07 Å². The van der Waals surface area contributed by atoms with Gasteiger partial charge in [-0.25, -0.2) is 4.98 Å². The predicted octanol–water partition coefficient (Wildman–Crippen LogP) is 1.53. The molecule has 2 unspecified atom stereocenters. The average Bonchev–Trinajstić information content (AvgIpc) is 3.26. The summed E-state index contributed by atoms with van der Waals surface area (Å²) in [6.07, 6.45) is 0. The third-order valence-electron chi connectivity index (χ3n) is 4.66. The summed E-state index contributed by atoms with van der Waals surface area (Å²) in [5.41, 5.74) is 0.839. The molecule has 1 N–H and O–H groups in total. The predicted molar refractivity (Wildman–Crippen MR) is 88.7 cm³/mol. The number of methoxy groups -OCH3 is 1. The molecule has 1 saturated heterocycles. The summed E-state index contributed by atoms with van der Waals surface area (Å²) in [6.45, 7) is 1.23. The van der Waals surface area contributed by atoms with Crippen molar-refractivity contribution in [2.45, 2.75) is 12.0 Å². The first kappa shape index (κ1) is 15.1. The molecule has 4 rings (SSSR count). The van der Waals surface area contributed by atoms with Gasteiger partial charge in [0.15, 0.2) is 5.82 Å². The maximum absolute atomic E-state index is 12.8. The van der Waals surface area contributed by atoms with Gasteiger partial charge in [-0.3, -0.25) is 4.79 Å². The molecule has 0 aliphatic carbocycles. The molecule has 24 heavy (non-hydrogen) atoms. The minimum atomic E-state index is -0.849. The van der Waals surface area contributed by atoms with E-state index >= 15 is 0 Å². The Balaban J connectivity index is 1.72. The Bertz CT molecular complexity index is 845. The highest BCUT2D eigenvalue weighted by Gasteiger charge is 2.58. The number of fused-ring (bicyclic) bond motifs is 2. The molecule has 1 fully saturated rings. The zero-order valence-electron chi connectivity index (χ0n) is 13.0. The highest BCUT2D eigenvalue weighted by Crippen LogP contribution is 2.48. The van der Waals surface area contributed by atoms with Crippen LogP contribution >= 0.6 is 11.5 Å². The second-order valence-electron chi connectivity index (χ2n) is 5.96. The smallest absolute Gasteiger partial charge is 0.238 e. The van der Waals surface area contributed by atoms with Gasteiger partial charge < -0.3 is 15.0 Å². The van der Waals surface area contributed by atoms with Gasteiger partial charge in [-0.1, -0.05) is 18.2 Å². The minimum Gasteiger partial charge on any atom is -0.377 e. The summed E-state index contributed by atoms with van der Waals surface area (Å²) in [5.74, 6) is 0.0681. The molecule has 122 valence electrons. The monoisotopic (exact) mass is 341 g/mol. The van der Waals surface area contributed by atoms with E-state index in [9.17, 15) is 10.1 Å². The minimum absolute atomic E-state index is 0.112. The van der Waals surface area contributed by atoms with Gasteiger partial charge >= 0.3 is 0 Å². The number of carbonyl (C=O) groups is 1. The van der Waals surface area contributed by atoms with Crippen molar-refractivity contribution in [1.82, 2.24) is 9.36 Å². The van der Waals surface area contributed by atoms with Gasteiger partial charge in [0.2, 0.25) is 11.0 Å². The molecule has 1 aromatic carbocycles. The summed E-state index contributed by atoms with van der Waals surface area (Å²) >= 11 is 1.27. The lowest BCUT2D eigenvalue weighted by Crippen LogP contribution is -2.41. The summed E-state index contributed by atoms with van der Waals surface area (Å²) in [4.78, 5) is 19.2. The number of nitrogens with zero attached hydrogens (tertiary/aromatic N) is 4. The summed E-state index contributed by atoms with van der Waals surface area (Å²) in [5, 5.41) is 13.3. The van der Waals surface area contributed by atoms with E-state index in [1.54, 1.807) is 7.11 Å². The van der Waals surface area contributed by atoms with E-state index in [2.05, 4.69) is 20.7 Å². The molecular formula is C16H15N5O2S. The number of aromatic nitrogens is 2. The Morgan fingerprint density at radius 2 is 2.38 bits per heavy atom. The number of nitriles is 1. The first-order valence-corrected chi connectivity index (χ1v) is 8.33. The largest absolute Gasteiger partial charge is 0.377 e. The lowest BCUT2D eigenvalue weighted by atomic mass is 9.74. The van der Waals surface area contributed by atoms with Gasteiger partial charge in [-0.15, -0.1) is 0 Å². The SMILES string of the molecule is COCc1nsc(N2CC(C#N)C3(C2)C(=O)Nc2ccccc23)n1. The van der Waals surface area contributed by atoms with Crippen molar-refractivity contribution >= 4 is 28.3 Å². The zero-order chi connectivity index (χ0) is 16.7. The highest BCUT2D eigenvalue weighted by molar-refractivity contribution is 7.09. The van der Waals surface area contributed by atoms with E-state index < -0.39 is 11.3 Å². The van der Waals surface area contributed by atoms with Crippen LogP contribution in [0.2, 0.25) is 0 Å². The van der Waals surface area contributed by atoms with Crippen LogP contribution in [0.4, 0.5) is 10.8 Å². The van der Waals surface area contributed by atoms with Gasteiger partial charge in [0.1, 0.15) is 12.0 Å². The number of amides is 1. The molecule has 2 aromatic rings. The molecule has 0 bridgehead atoms. The highest BCUT2D eigenvalue weighted by atomic mass is 32.1. The molecule has 1 amide bonds. The van der Waals surface area contributed by atoms with Gasteiger partial charge in [0, 0.05) is 37.4 Å². The van der Waals surface area contributed by atoms with E-state index in [4.69, 9.17) is 4.74 Å². The van der Waals surface area contributed by atoms with E-state index in [0.29, 0.717) is 25.5 Å². The van der Waals surface area contributed by atoms with Crippen LogP contribution in [-0.4, -0.2) is 35.5 Å². The maximum atomic E-state index is 12.8. The number of hydrogen-bond donors (Lipinski definition) is 1. The molecule has 0 saturated carbocycles. The van der Waals surface area contributed by atoms with E-state index in [1.807, 2.05) is 29.2 Å². The molecule has 2 aliphatic heterocycles. The quantitative estimate of drug-likeness (QED) is 0.910. The lowest BCUT2D eigenvalue weighted by molar-refractivity contribution is -0.120. The normalized spacial score (nSPS) is 24.9. The fourth-order valence-corrected chi connectivity index (χ4v) is 4.23. The average molecular weight is 341 g/mol. The molecule has 1 spiro atoms. The van der Waals surface area contributed by atoms with Crippen molar-refractivity contribution in [1.29, 1.82) is 5.26 Å². The van der Waals surface area contributed by atoms with E-state index in [0.717, 1.165) is 16.4 Å². The number of hydrogen-bond acceptors (Lipinski definition) is 7. The van der Waals surface area contributed by atoms with Gasteiger partial charge in [0.05, 0.1) is 12.0 Å². The molecule has 2 aliphatic rings. The molecule has 8 heteroatoms. The van der Waals surface area contributed by atoms with Crippen LogP contribution in [0.25, 0.3) is 0 Å². The summed E-state index contributed by atoms with van der Waals surface area (Å²) in [7, 11) is 1.59. The summed E-state index contributed by atoms with van der Waals surface area (Å²) < 4.78 is 9.31. The van der Waals surface area contributed by atoms with Crippen LogP contribution in [0.3, 0.4) is 0 Å². The zero-order valence-corrected chi connectivity index (χ0v) is 13.8. The van der Waals surface area contributed by atoms with Crippen molar-refractivity contribution in [2.75, 3.05) is 30.4 Å². The molecular weight excluding hydrogens is 326 g/mol. The first-order valence-electron chi connectivity index (χ1n) is 7.56. The number of benzene rings is 1. The number of nitrogens with one attached hydrogen (secondary N) is 1. The molecule has 3 heterocycles. The fraction of sp³-hybridized carbons (Fsp3) is 0.375. The fourth-order valence-electron chi connectivity index (χ4n) is 3.55. The Kier molecular flexibility index (Phi) is 3.48. The van der Waals surface area contributed by atoms with Crippen molar-refractivity contribution in [3.63, 3.8) is 0 Å². The number of anilines is 2. The molecule has 2 atom stereocenters. The van der Waals surface area contributed by atoms with Crippen LogP contribution in [0.5, 0.6) is 0 Å². The van der Waals surface area contributed by atoms with Crippen molar-refractivity contribution < 1.29 is 9.53 Å². The van der Waals surface area contributed by atoms with Crippen LogP contribution in [0.15, 0.2) is 24.3 Å². The van der Waals surface area contributed by atoms with Crippen molar-refractivity contribution in [3.05, 3.63) is 35.7 Å². The van der Waals surface area contributed by atoms with Gasteiger partial charge in [-0.05, 0) is 11.6 Å². The van der Waals surface area contributed by atoms with Crippen LogP contribution in [0, 0.1) is 17.2 Å². The summed E-state index contributed by atoms with van der Waals surface area (Å²) in [6, 6.07) is 9.92. The van der Waals surface area contributed by atoms with Crippen LogP contribution < -0.4 is 10.2 Å². The Morgan fingerprint density at radius 3 is 3.17 bits per heavy atom. The van der Waals surface area contributed by atoms with Crippen molar-refractivity contribution in [2.24, 2.45) is 5.92 Å². The molecule has 7 nitrogen and oxygen atoms in total. The third-order valence-corrected chi connectivity index (χ3v) is 5.47. The third kappa shape index (κ3) is 2.02. The second-order valence-corrected chi connectivity index (χ2v) is 6.69. The standard InChI is InChI=1S/C16H15N5O2S/c1-23-8-13-19-15(24-20-13)21-7-10(6-17)16(9-21)11-4-2-3-5-12(11)18-14(16)22/h2-5,10H,7-9H2,1H3,(H,18,22). The number of rotatable bonds is 3. The van der Waals surface area contributed by atoms with E-state index in [1.165, 1.54) is 11.5 Å². The number of carbonyl (C=O) groups excluding carboxylic acids is 1. The van der Waals surface area contributed by atoms with Crippen LogP contribution in [0.1, 0.15) is 11.4 Å². The topological polar surface area (TPSA) is 91.1 Å². The van der Waals surface area contributed by atoms with Gasteiger partial charge in [-0.2, -0.15) is 9.64 Å². The second kappa shape index (κ2) is 5.54. The maximum Gasteiger partial charge on any atom is 0.238 e. The Hall–Kier alpha value is -2.50. The molecule has 0 radical (unpaired) electrons. The Labute approximate surface area is 143 Å². The van der Waals surface area contributed by atoms with E-state index in [-0.39, 0.29) is 5.91 Å². The number of ether oxygens (including phenoxy) is 1.